The maximum absolute atomic E-state index is 12.7. The molecule has 33 heavy (non-hydrogen) atoms. The van der Waals surface area contributed by atoms with Gasteiger partial charge < -0.3 is 19.6 Å². The van der Waals surface area contributed by atoms with E-state index in [1.165, 1.54) is 23.3 Å². The van der Waals surface area contributed by atoms with Gasteiger partial charge in [-0.25, -0.2) is 0 Å². The van der Waals surface area contributed by atoms with Crippen molar-refractivity contribution >= 4 is 11.6 Å². The van der Waals surface area contributed by atoms with E-state index in [0.29, 0.717) is 45.7 Å². The van der Waals surface area contributed by atoms with Gasteiger partial charge in [0.05, 0.1) is 12.7 Å². The van der Waals surface area contributed by atoms with E-state index in [2.05, 4.69) is 20.6 Å². The number of nitriles is 1. The number of benzene rings is 1. The van der Waals surface area contributed by atoms with Gasteiger partial charge in [0.15, 0.2) is 0 Å². The molecule has 1 aromatic rings. The second-order valence-corrected chi connectivity index (χ2v) is 8.91. The van der Waals surface area contributed by atoms with Crippen molar-refractivity contribution in [2.24, 2.45) is 5.92 Å². The predicted octanol–water partition coefficient (Wildman–Crippen LogP) is 2.53. The molecule has 178 valence electrons. The molecule has 3 aliphatic heterocycles. The minimum Gasteiger partial charge on any atom is -0.406 e. The third-order valence-electron chi connectivity index (χ3n) is 6.64. The largest absolute Gasteiger partial charge is 0.573 e. The molecule has 3 heterocycles. The fourth-order valence-electron chi connectivity index (χ4n) is 4.90. The molecule has 0 aromatic heterocycles. The van der Waals surface area contributed by atoms with Crippen LogP contribution in [0.2, 0.25) is 0 Å². The Morgan fingerprint density at radius 3 is 2.42 bits per heavy atom. The first-order chi connectivity index (χ1) is 15.8. The Balaban J connectivity index is 1.28. The number of rotatable bonds is 7. The predicted molar refractivity (Wildman–Crippen MR) is 114 cm³/mol. The van der Waals surface area contributed by atoms with E-state index in [1.54, 1.807) is 17.0 Å². The lowest BCUT2D eigenvalue weighted by molar-refractivity contribution is -0.274. The Morgan fingerprint density at radius 1 is 1.18 bits per heavy atom. The van der Waals surface area contributed by atoms with Crippen LogP contribution in [0, 0.1) is 17.2 Å². The summed E-state index contributed by atoms with van der Waals surface area (Å²) in [6.45, 7) is 3.83. The van der Waals surface area contributed by atoms with Gasteiger partial charge >= 0.3 is 6.36 Å². The summed E-state index contributed by atoms with van der Waals surface area (Å²) in [5, 5.41) is 18.8. The van der Waals surface area contributed by atoms with Gasteiger partial charge in [-0.05, 0) is 47.8 Å². The Morgan fingerprint density at radius 2 is 1.85 bits per heavy atom. The van der Waals surface area contributed by atoms with Gasteiger partial charge in [0.1, 0.15) is 5.75 Å². The average Bonchev–Trinajstić information content (AvgIpc) is 3.46. The number of alkyl halides is 3. The molecule has 1 amide bonds. The summed E-state index contributed by atoms with van der Waals surface area (Å²) in [5.74, 6) is 0.0118. The smallest absolute Gasteiger partial charge is 0.406 e. The fraction of sp³-hybridized carbons (Fsp3) is 0.565. The molecule has 1 N–H and O–H groups in total. The minimum atomic E-state index is -4.71. The Bertz CT molecular complexity index is 924. The molecule has 2 unspecified atom stereocenters. The number of amides is 1. The molecule has 0 bridgehead atoms. The zero-order valence-corrected chi connectivity index (χ0v) is 18.2. The van der Waals surface area contributed by atoms with Gasteiger partial charge in [-0.1, -0.05) is 0 Å². The molecule has 0 radical (unpaired) electrons. The molecule has 2 atom stereocenters. The third kappa shape index (κ3) is 5.60. The SMILES string of the molecule is N#CCC1CCN(C(=O)CC(CO)N2CC3=C(CN(c4ccc(OC(F)(F)F)cc4)C3)C2)C1. The van der Waals surface area contributed by atoms with Crippen LogP contribution in [-0.2, 0) is 4.79 Å². The van der Waals surface area contributed by atoms with E-state index in [0.717, 1.165) is 12.1 Å². The van der Waals surface area contributed by atoms with Crippen LogP contribution < -0.4 is 9.64 Å². The Labute approximate surface area is 190 Å². The second kappa shape index (κ2) is 9.61. The van der Waals surface area contributed by atoms with Gasteiger partial charge in [0, 0.05) is 63.8 Å². The summed E-state index contributed by atoms with van der Waals surface area (Å²) in [5.41, 5.74) is 3.28. The average molecular weight is 464 g/mol. The highest BCUT2D eigenvalue weighted by Gasteiger charge is 2.36. The molecule has 0 saturated carbocycles. The van der Waals surface area contributed by atoms with Crippen LogP contribution in [0.4, 0.5) is 18.9 Å². The van der Waals surface area contributed by atoms with Gasteiger partial charge in [-0.15, -0.1) is 13.2 Å². The zero-order valence-electron chi connectivity index (χ0n) is 18.2. The monoisotopic (exact) mass is 464 g/mol. The van der Waals surface area contributed by atoms with E-state index in [4.69, 9.17) is 5.26 Å². The summed E-state index contributed by atoms with van der Waals surface area (Å²) < 4.78 is 41.0. The number of anilines is 1. The van der Waals surface area contributed by atoms with Crippen molar-refractivity contribution in [3.63, 3.8) is 0 Å². The summed E-state index contributed by atoms with van der Waals surface area (Å²) in [6, 6.07) is 7.77. The number of halogens is 3. The summed E-state index contributed by atoms with van der Waals surface area (Å²) >= 11 is 0. The Hall–Kier alpha value is -2.77. The number of nitrogens with zero attached hydrogens (tertiary/aromatic N) is 4. The number of hydrogen-bond acceptors (Lipinski definition) is 6. The third-order valence-corrected chi connectivity index (χ3v) is 6.64. The number of ether oxygens (including phenoxy) is 1. The van der Waals surface area contributed by atoms with E-state index < -0.39 is 6.36 Å². The number of likely N-dealkylation sites (tertiary alicyclic amines) is 1. The number of hydrogen-bond donors (Lipinski definition) is 1. The molecule has 4 rings (SSSR count). The number of aliphatic hydroxyl groups excluding tert-OH is 1. The lowest BCUT2D eigenvalue weighted by Gasteiger charge is -2.30. The minimum absolute atomic E-state index is 0.0179. The molecule has 7 nitrogen and oxygen atoms in total. The van der Waals surface area contributed by atoms with Crippen LogP contribution >= 0.6 is 0 Å². The molecule has 0 spiro atoms. The highest BCUT2D eigenvalue weighted by molar-refractivity contribution is 5.77. The van der Waals surface area contributed by atoms with Gasteiger partial charge in [-0.2, -0.15) is 5.26 Å². The van der Waals surface area contributed by atoms with E-state index in [-0.39, 0.29) is 36.6 Å². The number of carbonyl (C=O) groups excluding carboxylic acids is 1. The fourth-order valence-corrected chi connectivity index (χ4v) is 4.90. The Kier molecular flexibility index (Phi) is 6.81. The van der Waals surface area contributed by atoms with Crippen molar-refractivity contribution in [2.75, 3.05) is 50.8 Å². The highest BCUT2D eigenvalue weighted by atomic mass is 19.4. The summed E-state index contributed by atoms with van der Waals surface area (Å²) in [4.78, 5) is 18.7. The van der Waals surface area contributed by atoms with Crippen LogP contribution in [0.15, 0.2) is 35.4 Å². The first-order valence-electron chi connectivity index (χ1n) is 11.1. The van der Waals surface area contributed by atoms with Crippen molar-refractivity contribution in [2.45, 2.75) is 31.7 Å². The van der Waals surface area contributed by atoms with Gasteiger partial charge in [0.25, 0.3) is 0 Å². The standard InChI is InChI=1S/C23H27F3N4O3/c24-23(25,26)33-21-3-1-19(2-4-21)29-11-17-13-30(14-18(17)12-29)20(15-31)9-22(32)28-8-6-16(10-28)5-7-27/h1-4,16,20,31H,5-6,8-15H2. The first kappa shape index (κ1) is 23.4. The van der Waals surface area contributed by atoms with E-state index in [1.807, 2.05) is 0 Å². The normalized spacial score (nSPS) is 22.0. The topological polar surface area (TPSA) is 80.0 Å². The molecule has 0 aliphatic carbocycles. The van der Waals surface area contributed by atoms with Crippen molar-refractivity contribution in [1.29, 1.82) is 5.26 Å². The van der Waals surface area contributed by atoms with Crippen molar-refractivity contribution < 1.29 is 27.8 Å². The molecule has 10 heteroatoms. The molecular formula is C23H27F3N4O3. The van der Waals surface area contributed by atoms with Crippen LogP contribution in [-0.4, -0.2) is 79.1 Å². The van der Waals surface area contributed by atoms with Crippen molar-refractivity contribution in [1.82, 2.24) is 9.80 Å². The molecule has 1 fully saturated rings. The quantitative estimate of drug-likeness (QED) is 0.625. The lowest BCUT2D eigenvalue weighted by atomic mass is 10.1. The molecule has 3 aliphatic rings. The van der Waals surface area contributed by atoms with Crippen molar-refractivity contribution in [3.8, 4) is 11.8 Å². The van der Waals surface area contributed by atoms with Crippen LogP contribution in [0.5, 0.6) is 5.75 Å². The molecule has 1 aromatic carbocycles. The van der Waals surface area contributed by atoms with E-state index in [9.17, 15) is 23.1 Å². The summed E-state index contributed by atoms with van der Waals surface area (Å²) in [7, 11) is 0. The maximum Gasteiger partial charge on any atom is 0.573 e. The van der Waals surface area contributed by atoms with Crippen LogP contribution in [0.25, 0.3) is 0 Å². The summed E-state index contributed by atoms with van der Waals surface area (Å²) in [6.07, 6.45) is -3.15. The van der Waals surface area contributed by atoms with E-state index >= 15 is 0 Å². The van der Waals surface area contributed by atoms with Crippen LogP contribution in [0.3, 0.4) is 0 Å². The molecular weight excluding hydrogens is 437 g/mol. The maximum atomic E-state index is 12.7. The number of carbonyl (C=O) groups is 1. The van der Waals surface area contributed by atoms with Gasteiger partial charge in [-0.3, -0.25) is 9.69 Å². The van der Waals surface area contributed by atoms with Crippen LogP contribution in [0.1, 0.15) is 19.3 Å². The number of aliphatic hydroxyl groups is 1. The lowest BCUT2D eigenvalue weighted by Crippen LogP contribution is -2.43. The first-order valence-corrected chi connectivity index (χ1v) is 11.1. The zero-order chi connectivity index (χ0) is 23.6. The second-order valence-electron chi connectivity index (χ2n) is 8.91. The molecule has 1 saturated heterocycles. The van der Waals surface area contributed by atoms with Gasteiger partial charge in [0.2, 0.25) is 5.91 Å². The highest BCUT2D eigenvalue weighted by Crippen LogP contribution is 2.32. The van der Waals surface area contributed by atoms with Crippen molar-refractivity contribution in [3.05, 3.63) is 35.4 Å².